The lowest BCUT2D eigenvalue weighted by atomic mass is 9.93. The number of hydrogen-bond acceptors (Lipinski definition) is 2. The lowest BCUT2D eigenvalue weighted by molar-refractivity contribution is -0.109. The number of phenols is 1. The molecule has 0 atom stereocenters. The minimum absolute atomic E-state index is 0.233. The van der Waals surface area contributed by atoms with Gasteiger partial charge in [0.2, 0.25) is 0 Å². The maximum atomic E-state index is 10.9. The molecular weight excluding hydrogens is 176 g/mol. The molecule has 2 nitrogen and oxygen atoms in total. The van der Waals surface area contributed by atoms with Crippen molar-refractivity contribution in [3.8, 4) is 5.75 Å². The van der Waals surface area contributed by atoms with Crippen molar-refractivity contribution in [3.63, 3.8) is 0 Å². The summed E-state index contributed by atoms with van der Waals surface area (Å²) in [5, 5.41) is 9.60. The molecule has 1 aliphatic carbocycles. The average Bonchev–Trinajstić information content (AvgIpc) is 2.94. The van der Waals surface area contributed by atoms with Crippen molar-refractivity contribution in [2.24, 2.45) is 0 Å². The van der Waals surface area contributed by atoms with Crippen molar-refractivity contribution >= 4 is 6.29 Å². The number of aryl methyl sites for hydroxylation is 2. The Morgan fingerprint density at radius 2 is 1.79 bits per heavy atom. The van der Waals surface area contributed by atoms with E-state index in [4.69, 9.17) is 0 Å². The Morgan fingerprint density at radius 3 is 2.14 bits per heavy atom. The van der Waals surface area contributed by atoms with Crippen LogP contribution in [0.4, 0.5) is 0 Å². The normalized spacial score (nSPS) is 17.9. The highest BCUT2D eigenvalue weighted by Gasteiger charge is 2.44. The smallest absolute Gasteiger partial charge is 0.130 e. The quantitative estimate of drug-likeness (QED) is 0.726. The molecule has 0 unspecified atom stereocenters. The molecule has 1 N–H and O–H groups in total. The number of rotatable bonds is 2. The van der Waals surface area contributed by atoms with Gasteiger partial charge < -0.3 is 9.90 Å². The maximum Gasteiger partial charge on any atom is 0.130 e. The molecule has 0 aromatic heterocycles. The predicted molar refractivity (Wildman–Crippen MR) is 54.6 cm³/mol. The minimum atomic E-state index is -0.233. The van der Waals surface area contributed by atoms with E-state index in [1.54, 1.807) is 0 Å². The summed E-state index contributed by atoms with van der Waals surface area (Å²) in [7, 11) is 0. The first-order valence-corrected chi connectivity index (χ1v) is 4.86. The number of hydrogen-bond donors (Lipinski definition) is 1. The van der Waals surface area contributed by atoms with Crippen LogP contribution < -0.4 is 0 Å². The fraction of sp³-hybridized carbons (Fsp3) is 0.417. The summed E-state index contributed by atoms with van der Waals surface area (Å²) >= 11 is 0. The van der Waals surface area contributed by atoms with Crippen LogP contribution >= 0.6 is 0 Å². The third-order valence-electron chi connectivity index (χ3n) is 3.08. The number of carbonyl (C=O) groups is 1. The molecule has 0 spiro atoms. The molecule has 0 radical (unpaired) electrons. The topological polar surface area (TPSA) is 37.3 Å². The first-order valence-electron chi connectivity index (χ1n) is 4.86. The summed E-state index contributed by atoms with van der Waals surface area (Å²) in [5.41, 5.74) is 2.53. The van der Waals surface area contributed by atoms with Crippen LogP contribution in [-0.4, -0.2) is 11.4 Å². The van der Waals surface area contributed by atoms with Crippen molar-refractivity contribution in [2.45, 2.75) is 32.1 Å². The molecule has 0 heterocycles. The Hall–Kier alpha value is -1.31. The molecule has 1 saturated carbocycles. The average molecular weight is 190 g/mol. The van der Waals surface area contributed by atoms with E-state index < -0.39 is 0 Å². The van der Waals surface area contributed by atoms with Crippen LogP contribution in [0, 0.1) is 13.8 Å². The van der Waals surface area contributed by atoms with Crippen LogP contribution in [0.1, 0.15) is 29.5 Å². The van der Waals surface area contributed by atoms with Crippen LogP contribution in [0.25, 0.3) is 0 Å². The van der Waals surface area contributed by atoms with Gasteiger partial charge in [0, 0.05) is 0 Å². The fourth-order valence-electron chi connectivity index (χ4n) is 1.85. The predicted octanol–water partition coefficient (Wildman–Crippen LogP) is 2.24. The Bertz CT molecular complexity index is 366. The SMILES string of the molecule is Cc1cc(C2(C=O)CC2)cc(C)c1O. The minimum Gasteiger partial charge on any atom is -0.507 e. The van der Waals surface area contributed by atoms with E-state index in [0.717, 1.165) is 35.8 Å². The number of benzene rings is 1. The highest BCUT2D eigenvalue weighted by Crippen LogP contribution is 2.47. The Kier molecular flexibility index (Phi) is 1.88. The van der Waals surface area contributed by atoms with Crippen LogP contribution in [0.15, 0.2) is 12.1 Å². The van der Waals surface area contributed by atoms with Gasteiger partial charge in [-0.3, -0.25) is 0 Å². The second-order valence-electron chi connectivity index (χ2n) is 4.23. The molecule has 1 fully saturated rings. The van der Waals surface area contributed by atoms with Gasteiger partial charge in [-0.25, -0.2) is 0 Å². The number of phenolic OH excluding ortho intramolecular Hbond substituents is 1. The Labute approximate surface area is 83.6 Å². The fourth-order valence-corrected chi connectivity index (χ4v) is 1.85. The summed E-state index contributed by atoms with van der Waals surface area (Å²) in [6.07, 6.45) is 2.93. The van der Waals surface area contributed by atoms with Gasteiger partial charge >= 0.3 is 0 Å². The third-order valence-corrected chi connectivity index (χ3v) is 3.08. The lowest BCUT2D eigenvalue weighted by Gasteiger charge is -2.11. The van der Waals surface area contributed by atoms with Crippen molar-refractivity contribution in [1.82, 2.24) is 0 Å². The van der Waals surface area contributed by atoms with E-state index in [-0.39, 0.29) is 5.41 Å². The molecule has 1 aromatic rings. The first kappa shape index (κ1) is 9.25. The van der Waals surface area contributed by atoms with E-state index in [9.17, 15) is 9.90 Å². The Morgan fingerprint density at radius 1 is 1.29 bits per heavy atom. The van der Waals surface area contributed by atoms with Gasteiger partial charge in [-0.05, 0) is 43.4 Å². The van der Waals surface area contributed by atoms with E-state index in [1.807, 2.05) is 26.0 Å². The van der Waals surface area contributed by atoms with Gasteiger partial charge in [-0.2, -0.15) is 0 Å². The van der Waals surface area contributed by atoms with Gasteiger partial charge in [0.1, 0.15) is 12.0 Å². The van der Waals surface area contributed by atoms with Crippen LogP contribution in [0.3, 0.4) is 0 Å². The van der Waals surface area contributed by atoms with Crippen molar-refractivity contribution < 1.29 is 9.90 Å². The number of carbonyl (C=O) groups excluding carboxylic acids is 1. The standard InChI is InChI=1S/C12H14O2/c1-8-5-10(6-9(2)11(8)14)12(7-13)3-4-12/h5-7,14H,3-4H2,1-2H3. The van der Waals surface area contributed by atoms with Gasteiger partial charge in [0.05, 0.1) is 5.41 Å². The van der Waals surface area contributed by atoms with Crippen LogP contribution in [0.2, 0.25) is 0 Å². The van der Waals surface area contributed by atoms with Crippen molar-refractivity contribution in [2.75, 3.05) is 0 Å². The largest absolute Gasteiger partial charge is 0.507 e. The first-order chi connectivity index (χ1) is 6.59. The van der Waals surface area contributed by atoms with E-state index >= 15 is 0 Å². The summed E-state index contributed by atoms with van der Waals surface area (Å²) in [6.45, 7) is 3.74. The summed E-state index contributed by atoms with van der Waals surface area (Å²) in [4.78, 5) is 10.9. The molecule has 1 aliphatic rings. The molecule has 2 rings (SSSR count). The molecule has 74 valence electrons. The lowest BCUT2D eigenvalue weighted by Crippen LogP contribution is -2.08. The highest BCUT2D eigenvalue weighted by atomic mass is 16.3. The van der Waals surface area contributed by atoms with Gasteiger partial charge in [0.25, 0.3) is 0 Å². The molecule has 0 saturated heterocycles. The maximum absolute atomic E-state index is 10.9. The molecule has 14 heavy (non-hydrogen) atoms. The second-order valence-corrected chi connectivity index (χ2v) is 4.23. The zero-order chi connectivity index (χ0) is 10.3. The molecular formula is C12H14O2. The second kappa shape index (κ2) is 2.84. The third kappa shape index (κ3) is 1.22. The zero-order valence-electron chi connectivity index (χ0n) is 8.50. The van der Waals surface area contributed by atoms with Crippen LogP contribution in [0.5, 0.6) is 5.75 Å². The number of aldehydes is 1. The van der Waals surface area contributed by atoms with E-state index in [0.29, 0.717) is 5.75 Å². The molecule has 2 heteroatoms. The molecule has 1 aromatic carbocycles. The molecule has 0 bridgehead atoms. The van der Waals surface area contributed by atoms with Gasteiger partial charge in [0.15, 0.2) is 0 Å². The van der Waals surface area contributed by atoms with E-state index in [2.05, 4.69) is 0 Å². The summed E-state index contributed by atoms with van der Waals surface area (Å²) < 4.78 is 0. The zero-order valence-corrected chi connectivity index (χ0v) is 8.50. The molecule has 0 amide bonds. The van der Waals surface area contributed by atoms with Gasteiger partial charge in [-0.1, -0.05) is 12.1 Å². The monoisotopic (exact) mass is 190 g/mol. The summed E-state index contributed by atoms with van der Waals surface area (Å²) in [6, 6.07) is 3.84. The summed E-state index contributed by atoms with van der Waals surface area (Å²) in [5.74, 6) is 0.343. The molecule has 0 aliphatic heterocycles. The van der Waals surface area contributed by atoms with E-state index in [1.165, 1.54) is 0 Å². The van der Waals surface area contributed by atoms with Gasteiger partial charge in [-0.15, -0.1) is 0 Å². The number of aromatic hydroxyl groups is 1. The Balaban J connectivity index is 2.51. The van der Waals surface area contributed by atoms with Crippen LogP contribution in [-0.2, 0) is 10.2 Å². The van der Waals surface area contributed by atoms with Crippen molar-refractivity contribution in [3.05, 3.63) is 28.8 Å². The highest BCUT2D eigenvalue weighted by molar-refractivity contribution is 5.73. The van der Waals surface area contributed by atoms with Crippen molar-refractivity contribution in [1.29, 1.82) is 0 Å².